The summed E-state index contributed by atoms with van der Waals surface area (Å²) in [5.74, 6) is -2.48. The maximum Gasteiger partial charge on any atom is 0.340 e. The molecule has 2 aliphatic heterocycles. The van der Waals surface area contributed by atoms with Crippen molar-refractivity contribution in [1.82, 2.24) is 5.32 Å². The van der Waals surface area contributed by atoms with Gasteiger partial charge >= 0.3 is 11.9 Å². The number of amides is 1. The summed E-state index contributed by atoms with van der Waals surface area (Å²) in [6, 6.07) is 6.43. The lowest BCUT2D eigenvalue weighted by Gasteiger charge is -2.37. The third-order valence-electron chi connectivity index (χ3n) is 5.70. The molecule has 2 saturated heterocycles. The van der Waals surface area contributed by atoms with E-state index in [-0.39, 0.29) is 22.8 Å². The third kappa shape index (κ3) is 2.85. The first-order valence-corrected chi connectivity index (χ1v) is 8.76. The van der Waals surface area contributed by atoms with Crippen LogP contribution in [-0.2, 0) is 24.5 Å². The first-order valence-electron chi connectivity index (χ1n) is 8.76. The summed E-state index contributed by atoms with van der Waals surface area (Å²) >= 11 is 0. The molecule has 7 atom stereocenters. The van der Waals surface area contributed by atoms with Crippen LogP contribution in [0.3, 0.4) is 0 Å². The molecule has 1 aliphatic carbocycles. The van der Waals surface area contributed by atoms with Crippen molar-refractivity contribution in [3.63, 3.8) is 0 Å². The second-order valence-electron chi connectivity index (χ2n) is 7.35. The number of nitrogens with one attached hydrogen (secondary N) is 1. The second-order valence-corrected chi connectivity index (χ2v) is 7.35. The fourth-order valence-electron chi connectivity index (χ4n) is 3.89. The molecule has 0 radical (unpaired) electrons. The molecule has 0 unspecified atom stereocenters. The van der Waals surface area contributed by atoms with Crippen LogP contribution in [0.4, 0.5) is 0 Å². The average molecular weight is 393 g/mol. The molecule has 1 aromatic rings. The van der Waals surface area contributed by atoms with E-state index in [2.05, 4.69) is 5.32 Å². The number of benzene rings is 1. The predicted molar refractivity (Wildman–Crippen MR) is 89.0 cm³/mol. The van der Waals surface area contributed by atoms with Gasteiger partial charge in [0, 0.05) is 12.0 Å². The molecule has 0 bridgehead atoms. The Hall–Kier alpha value is -2.53. The number of rotatable bonds is 4. The van der Waals surface area contributed by atoms with Crippen LogP contribution in [0.15, 0.2) is 24.3 Å². The Morgan fingerprint density at radius 1 is 1.11 bits per heavy atom. The van der Waals surface area contributed by atoms with E-state index in [1.165, 1.54) is 12.1 Å². The molecule has 1 amide bonds. The van der Waals surface area contributed by atoms with Gasteiger partial charge in [0.15, 0.2) is 6.10 Å². The Balaban J connectivity index is 1.45. The van der Waals surface area contributed by atoms with Crippen molar-refractivity contribution >= 4 is 17.8 Å². The van der Waals surface area contributed by atoms with Crippen LogP contribution in [0.2, 0.25) is 0 Å². The Labute approximate surface area is 158 Å². The van der Waals surface area contributed by atoms with Crippen molar-refractivity contribution < 1.29 is 44.3 Å². The highest BCUT2D eigenvalue weighted by Gasteiger charge is 2.63. The Bertz CT molecular complexity index is 825. The molecule has 150 valence electrons. The first-order chi connectivity index (χ1) is 13.2. The molecule has 3 aliphatic rings. The SMILES string of the molecule is O=C(O[C@@H]1O[C@H](C(=O)O)[C@@H](O)[C@H](O)[C@H]1O)c1ccc([C@]23CNC(=O)[C@H]2C3)cc1. The van der Waals surface area contributed by atoms with Crippen molar-refractivity contribution in [1.29, 1.82) is 0 Å². The van der Waals surface area contributed by atoms with Crippen molar-refractivity contribution in [2.24, 2.45) is 5.92 Å². The van der Waals surface area contributed by atoms with Gasteiger partial charge in [-0.15, -0.1) is 0 Å². The van der Waals surface area contributed by atoms with Gasteiger partial charge in [-0.2, -0.15) is 0 Å². The van der Waals surface area contributed by atoms with Crippen LogP contribution < -0.4 is 5.32 Å². The molecule has 0 aromatic heterocycles. The van der Waals surface area contributed by atoms with Crippen molar-refractivity contribution in [2.45, 2.75) is 42.5 Å². The van der Waals surface area contributed by atoms with Gasteiger partial charge in [0.05, 0.1) is 11.5 Å². The number of carbonyl (C=O) groups is 3. The van der Waals surface area contributed by atoms with Crippen LogP contribution >= 0.6 is 0 Å². The molecule has 2 heterocycles. The summed E-state index contributed by atoms with van der Waals surface area (Å²) in [6.45, 7) is 0.555. The minimum Gasteiger partial charge on any atom is -0.479 e. The van der Waals surface area contributed by atoms with Gasteiger partial charge in [-0.1, -0.05) is 12.1 Å². The number of ether oxygens (including phenoxy) is 2. The first kappa shape index (κ1) is 18.8. The number of aliphatic carboxylic acids is 1. The molecule has 3 fully saturated rings. The largest absolute Gasteiger partial charge is 0.479 e. The summed E-state index contributed by atoms with van der Waals surface area (Å²) in [4.78, 5) is 35.1. The number of esters is 1. The highest BCUT2D eigenvalue weighted by atomic mass is 16.7. The van der Waals surface area contributed by atoms with Gasteiger partial charge < -0.3 is 35.2 Å². The summed E-state index contributed by atoms with van der Waals surface area (Å²) in [6.07, 6.45) is -8.37. The van der Waals surface area contributed by atoms with Gasteiger partial charge in [0.2, 0.25) is 12.2 Å². The van der Waals surface area contributed by atoms with E-state index in [1.54, 1.807) is 12.1 Å². The van der Waals surface area contributed by atoms with E-state index >= 15 is 0 Å². The molecule has 1 saturated carbocycles. The smallest absolute Gasteiger partial charge is 0.340 e. The molecule has 1 aromatic carbocycles. The van der Waals surface area contributed by atoms with Crippen LogP contribution in [0, 0.1) is 5.92 Å². The van der Waals surface area contributed by atoms with Gasteiger partial charge in [0.1, 0.15) is 18.3 Å². The lowest BCUT2D eigenvalue weighted by molar-refractivity contribution is -0.278. The van der Waals surface area contributed by atoms with Crippen molar-refractivity contribution in [3.05, 3.63) is 35.4 Å². The number of aliphatic hydroxyl groups excluding tert-OH is 3. The van der Waals surface area contributed by atoms with Crippen LogP contribution in [0.1, 0.15) is 22.3 Å². The van der Waals surface area contributed by atoms with E-state index in [1.807, 2.05) is 0 Å². The lowest BCUT2D eigenvalue weighted by Crippen LogP contribution is -2.60. The van der Waals surface area contributed by atoms with E-state index in [0.717, 1.165) is 12.0 Å². The van der Waals surface area contributed by atoms with Crippen LogP contribution in [-0.4, -0.2) is 75.5 Å². The Morgan fingerprint density at radius 2 is 1.79 bits per heavy atom. The average Bonchev–Trinajstić information content (AvgIpc) is 3.34. The summed E-state index contributed by atoms with van der Waals surface area (Å²) in [5, 5.41) is 41.1. The molecular weight excluding hydrogens is 374 g/mol. The third-order valence-corrected chi connectivity index (χ3v) is 5.70. The van der Waals surface area contributed by atoms with Gasteiger partial charge in [0.25, 0.3) is 0 Å². The maximum atomic E-state index is 12.3. The number of aliphatic hydroxyl groups is 3. The molecule has 10 nitrogen and oxygen atoms in total. The topological polar surface area (TPSA) is 163 Å². The fourth-order valence-corrected chi connectivity index (χ4v) is 3.89. The number of hydrogen-bond acceptors (Lipinski definition) is 8. The zero-order chi connectivity index (χ0) is 20.2. The molecule has 5 N–H and O–H groups in total. The summed E-state index contributed by atoms with van der Waals surface area (Å²) < 4.78 is 9.92. The molecule has 0 spiro atoms. The second kappa shape index (κ2) is 6.52. The minimum atomic E-state index is -1.87. The summed E-state index contributed by atoms with van der Waals surface area (Å²) in [5.41, 5.74) is 0.820. The van der Waals surface area contributed by atoms with E-state index < -0.39 is 42.6 Å². The Kier molecular flexibility index (Phi) is 4.38. The van der Waals surface area contributed by atoms with Crippen LogP contribution in [0.5, 0.6) is 0 Å². The Morgan fingerprint density at radius 3 is 2.32 bits per heavy atom. The van der Waals surface area contributed by atoms with Gasteiger partial charge in [-0.3, -0.25) is 4.79 Å². The zero-order valence-electron chi connectivity index (χ0n) is 14.5. The monoisotopic (exact) mass is 393 g/mol. The standard InChI is InChI=1S/C18H19NO9/c20-10-11(21)13(15(24)25)27-17(12(10)22)28-16(26)7-1-3-8(4-2-7)18-5-9(18)14(23)19-6-18/h1-4,9-13,17,20-22H,5-6H2,(H,19,23)(H,24,25)/t9-,10+,11+,12-,13+,17+,18+/m1/s1. The van der Waals surface area contributed by atoms with Crippen LogP contribution in [0.25, 0.3) is 0 Å². The normalized spacial score (nSPS) is 39.0. The number of piperidine rings is 1. The zero-order valence-corrected chi connectivity index (χ0v) is 14.5. The number of hydrogen-bond donors (Lipinski definition) is 5. The van der Waals surface area contributed by atoms with E-state index in [4.69, 9.17) is 14.6 Å². The quantitative estimate of drug-likeness (QED) is 0.369. The fraction of sp³-hybridized carbons (Fsp3) is 0.500. The molecule has 28 heavy (non-hydrogen) atoms. The predicted octanol–water partition coefficient (Wildman–Crippen LogP) is -1.88. The number of fused-ring (bicyclic) bond motifs is 1. The minimum absolute atomic E-state index is 0.0284. The summed E-state index contributed by atoms with van der Waals surface area (Å²) in [7, 11) is 0. The number of carbonyl (C=O) groups excluding carboxylic acids is 2. The van der Waals surface area contributed by atoms with E-state index in [0.29, 0.717) is 6.54 Å². The molecule has 10 heteroatoms. The highest BCUT2D eigenvalue weighted by Crippen LogP contribution is 2.56. The maximum absolute atomic E-state index is 12.3. The molecule has 4 rings (SSSR count). The van der Waals surface area contributed by atoms with E-state index in [9.17, 15) is 29.7 Å². The van der Waals surface area contributed by atoms with Crippen molar-refractivity contribution in [3.8, 4) is 0 Å². The van der Waals surface area contributed by atoms with Gasteiger partial charge in [-0.25, -0.2) is 9.59 Å². The molecular formula is C18H19NO9. The lowest BCUT2D eigenvalue weighted by atomic mass is 9.94. The number of carboxylic acids is 1. The highest BCUT2D eigenvalue weighted by molar-refractivity contribution is 5.90. The van der Waals surface area contributed by atoms with Crippen molar-refractivity contribution in [2.75, 3.05) is 6.54 Å². The van der Waals surface area contributed by atoms with Gasteiger partial charge in [-0.05, 0) is 24.1 Å². The number of carboxylic acid groups (broad SMARTS) is 1.